The van der Waals surface area contributed by atoms with E-state index in [-0.39, 0.29) is 0 Å². The first-order chi connectivity index (χ1) is 6.59. The largest absolute Gasteiger partial charge is 0.463 e. The molecule has 0 radical (unpaired) electrons. The van der Waals surface area contributed by atoms with Gasteiger partial charge in [0, 0.05) is 13.1 Å². The monoisotopic (exact) mass is 194 g/mol. The molecule has 0 unspecified atom stereocenters. The number of likely N-dealkylation sites (N-methyl/N-ethyl adjacent to an activating group) is 2. The molecule has 2 heterocycles. The molecule has 0 aromatic carbocycles. The van der Waals surface area contributed by atoms with Gasteiger partial charge in [-0.2, -0.15) is 0 Å². The highest BCUT2D eigenvalue weighted by atomic mass is 16.3. The van der Waals surface area contributed by atoms with Crippen LogP contribution in [0.1, 0.15) is 23.2 Å². The minimum Gasteiger partial charge on any atom is -0.463 e. The number of hydrogen-bond donors (Lipinski definition) is 0. The molecule has 1 saturated heterocycles. The van der Waals surface area contributed by atoms with Crippen molar-refractivity contribution in [2.75, 3.05) is 27.2 Å². The van der Waals surface area contributed by atoms with Crippen LogP contribution in [-0.2, 0) is 0 Å². The molecule has 0 atom stereocenters. The van der Waals surface area contributed by atoms with Crippen molar-refractivity contribution in [3.8, 4) is 0 Å². The van der Waals surface area contributed by atoms with Crippen molar-refractivity contribution >= 4 is 0 Å². The maximum Gasteiger partial charge on any atom is 0.136 e. The number of furan rings is 1. The van der Waals surface area contributed by atoms with Crippen molar-refractivity contribution in [3.63, 3.8) is 0 Å². The minimum atomic E-state index is 0.322. The summed E-state index contributed by atoms with van der Waals surface area (Å²) in [6.07, 6.45) is 0.322. The third kappa shape index (κ3) is 1.47. The highest BCUT2D eigenvalue weighted by molar-refractivity contribution is 5.21. The van der Waals surface area contributed by atoms with Crippen molar-refractivity contribution in [2.24, 2.45) is 0 Å². The Balaban J connectivity index is 2.29. The van der Waals surface area contributed by atoms with E-state index >= 15 is 0 Å². The van der Waals surface area contributed by atoms with Crippen molar-refractivity contribution in [1.82, 2.24) is 9.80 Å². The van der Waals surface area contributed by atoms with Gasteiger partial charge in [-0.3, -0.25) is 9.80 Å². The lowest BCUT2D eigenvalue weighted by atomic mass is 10.2. The quantitative estimate of drug-likeness (QED) is 0.679. The van der Waals surface area contributed by atoms with E-state index in [4.69, 9.17) is 4.42 Å². The van der Waals surface area contributed by atoms with E-state index in [9.17, 15) is 0 Å². The minimum absolute atomic E-state index is 0.322. The second kappa shape index (κ2) is 3.41. The second-order valence-corrected chi connectivity index (χ2v) is 4.22. The third-order valence-electron chi connectivity index (χ3n) is 3.08. The summed E-state index contributed by atoms with van der Waals surface area (Å²) in [6.45, 7) is 6.34. The summed E-state index contributed by atoms with van der Waals surface area (Å²) >= 11 is 0. The fourth-order valence-corrected chi connectivity index (χ4v) is 2.06. The summed E-state index contributed by atoms with van der Waals surface area (Å²) in [5.41, 5.74) is 1.24. The first kappa shape index (κ1) is 9.74. The predicted molar refractivity (Wildman–Crippen MR) is 56.2 cm³/mol. The summed E-state index contributed by atoms with van der Waals surface area (Å²) in [7, 11) is 4.28. The zero-order valence-corrected chi connectivity index (χ0v) is 9.37. The third-order valence-corrected chi connectivity index (χ3v) is 3.08. The number of hydrogen-bond acceptors (Lipinski definition) is 3. The fourth-order valence-electron chi connectivity index (χ4n) is 2.06. The molecule has 0 spiro atoms. The van der Waals surface area contributed by atoms with Crippen LogP contribution in [0.15, 0.2) is 10.5 Å². The first-order valence-corrected chi connectivity index (χ1v) is 5.07. The summed E-state index contributed by atoms with van der Waals surface area (Å²) in [4.78, 5) is 4.63. The van der Waals surface area contributed by atoms with E-state index in [0.717, 1.165) is 24.6 Å². The van der Waals surface area contributed by atoms with Gasteiger partial charge in [0.1, 0.15) is 17.7 Å². The molecule has 0 bridgehead atoms. The average molecular weight is 194 g/mol. The van der Waals surface area contributed by atoms with Crippen LogP contribution in [0.4, 0.5) is 0 Å². The smallest absolute Gasteiger partial charge is 0.136 e. The van der Waals surface area contributed by atoms with Crippen LogP contribution < -0.4 is 0 Å². The Morgan fingerprint density at radius 3 is 2.21 bits per heavy atom. The van der Waals surface area contributed by atoms with Crippen LogP contribution in [0.2, 0.25) is 0 Å². The summed E-state index contributed by atoms with van der Waals surface area (Å²) in [5.74, 6) is 2.11. The maximum atomic E-state index is 5.76. The van der Waals surface area contributed by atoms with Crippen LogP contribution in [0.25, 0.3) is 0 Å². The normalized spacial score (nSPS) is 20.9. The lowest BCUT2D eigenvalue weighted by molar-refractivity contribution is 0.159. The molecule has 2 rings (SSSR count). The molecular formula is C11H18N2O. The van der Waals surface area contributed by atoms with Gasteiger partial charge in [0.25, 0.3) is 0 Å². The van der Waals surface area contributed by atoms with Crippen LogP contribution in [0, 0.1) is 13.8 Å². The zero-order chi connectivity index (χ0) is 10.3. The predicted octanol–water partition coefficient (Wildman–Crippen LogP) is 1.77. The number of rotatable bonds is 1. The molecule has 1 aromatic rings. The molecule has 3 heteroatoms. The van der Waals surface area contributed by atoms with Gasteiger partial charge in [0.05, 0.1) is 0 Å². The first-order valence-electron chi connectivity index (χ1n) is 5.07. The van der Waals surface area contributed by atoms with E-state index in [0.29, 0.717) is 6.17 Å². The molecule has 0 aliphatic carbocycles. The van der Waals surface area contributed by atoms with Crippen LogP contribution >= 0.6 is 0 Å². The SMILES string of the molecule is Cc1cc(C2N(C)CCN2C)oc1C. The van der Waals surface area contributed by atoms with Crippen molar-refractivity contribution in [3.05, 3.63) is 23.2 Å². The second-order valence-electron chi connectivity index (χ2n) is 4.22. The molecule has 1 aromatic heterocycles. The van der Waals surface area contributed by atoms with Gasteiger partial charge in [-0.05, 0) is 39.6 Å². The van der Waals surface area contributed by atoms with Crippen molar-refractivity contribution in [2.45, 2.75) is 20.0 Å². The lowest BCUT2D eigenvalue weighted by Gasteiger charge is -2.22. The molecule has 3 nitrogen and oxygen atoms in total. The van der Waals surface area contributed by atoms with E-state index in [1.165, 1.54) is 5.56 Å². The van der Waals surface area contributed by atoms with Crippen molar-refractivity contribution in [1.29, 1.82) is 0 Å². The molecule has 78 valence electrons. The number of aryl methyl sites for hydroxylation is 2. The lowest BCUT2D eigenvalue weighted by Crippen LogP contribution is -2.25. The summed E-state index contributed by atoms with van der Waals surface area (Å²) < 4.78 is 5.76. The topological polar surface area (TPSA) is 19.6 Å². The fraction of sp³-hybridized carbons (Fsp3) is 0.636. The highest BCUT2D eigenvalue weighted by Gasteiger charge is 2.30. The molecular weight excluding hydrogens is 176 g/mol. The van der Waals surface area contributed by atoms with Gasteiger partial charge in [-0.25, -0.2) is 0 Å². The Bertz CT molecular complexity index is 303. The Morgan fingerprint density at radius 1 is 1.21 bits per heavy atom. The molecule has 0 saturated carbocycles. The van der Waals surface area contributed by atoms with E-state index in [2.05, 4.69) is 36.9 Å². The van der Waals surface area contributed by atoms with E-state index in [1.54, 1.807) is 0 Å². The van der Waals surface area contributed by atoms with Gasteiger partial charge in [-0.1, -0.05) is 0 Å². The molecule has 1 aliphatic heterocycles. The maximum absolute atomic E-state index is 5.76. The van der Waals surface area contributed by atoms with Crippen LogP contribution in [0.3, 0.4) is 0 Å². The van der Waals surface area contributed by atoms with Gasteiger partial charge in [-0.15, -0.1) is 0 Å². The molecule has 1 fully saturated rings. The molecule has 0 amide bonds. The zero-order valence-electron chi connectivity index (χ0n) is 9.37. The standard InChI is InChI=1S/C11H18N2O/c1-8-7-10(14-9(8)2)11-12(3)5-6-13(11)4/h7,11H,5-6H2,1-4H3. The molecule has 14 heavy (non-hydrogen) atoms. The van der Waals surface area contributed by atoms with Crippen molar-refractivity contribution < 1.29 is 4.42 Å². The van der Waals surface area contributed by atoms with Gasteiger partial charge in [0.2, 0.25) is 0 Å². The van der Waals surface area contributed by atoms with Crippen LogP contribution in [0.5, 0.6) is 0 Å². The van der Waals surface area contributed by atoms with E-state index in [1.807, 2.05) is 6.92 Å². The van der Waals surface area contributed by atoms with Gasteiger partial charge >= 0.3 is 0 Å². The summed E-state index contributed by atoms with van der Waals surface area (Å²) in [5, 5.41) is 0. The van der Waals surface area contributed by atoms with E-state index < -0.39 is 0 Å². The van der Waals surface area contributed by atoms with Crippen LogP contribution in [-0.4, -0.2) is 37.0 Å². The average Bonchev–Trinajstić information content (AvgIpc) is 2.59. The Hall–Kier alpha value is -0.800. The molecule has 1 aliphatic rings. The Morgan fingerprint density at radius 2 is 1.79 bits per heavy atom. The van der Waals surface area contributed by atoms with Gasteiger partial charge in [0.15, 0.2) is 0 Å². The number of nitrogens with zero attached hydrogens (tertiary/aromatic N) is 2. The summed E-state index contributed by atoms with van der Waals surface area (Å²) in [6, 6.07) is 2.15. The Kier molecular flexibility index (Phi) is 2.37. The Labute approximate surface area is 85.3 Å². The van der Waals surface area contributed by atoms with Gasteiger partial charge < -0.3 is 4.42 Å². The highest BCUT2D eigenvalue weighted by Crippen LogP contribution is 2.29. The molecule has 0 N–H and O–H groups in total.